The van der Waals surface area contributed by atoms with Crippen molar-refractivity contribution in [1.29, 1.82) is 10.8 Å². The molecule has 0 aliphatic heterocycles. The molecule has 1 amide bonds. The highest BCUT2D eigenvalue weighted by Crippen LogP contribution is 2.27. The number of allylic oxidation sites excluding steroid dienone is 4. The van der Waals surface area contributed by atoms with E-state index >= 15 is 0 Å². The molecule has 6 nitrogen and oxygen atoms in total. The van der Waals surface area contributed by atoms with E-state index in [-0.39, 0.29) is 0 Å². The molecule has 24 heavy (non-hydrogen) atoms. The number of carbonyl (C=O) groups excluding carboxylic acids is 1. The molecule has 0 heterocycles. The summed E-state index contributed by atoms with van der Waals surface area (Å²) in [5.74, 6) is -4.40. The number of rotatable bonds is 6. The third-order valence-electron chi connectivity index (χ3n) is 3.10. The average Bonchev–Trinajstić information content (AvgIpc) is 2.40. The van der Waals surface area contributed by atoms with Crippen LogP contribution in [0.2, 0.25) is 0 Å². The van der Waals surface area contributed by atoms with Crippen LogP contribution in [0.15, 0.2) is 28.5 Å². The smallest absolute Gasteiger partial charge is 0.387 e. The predicted molar refractivity (Wildman–Crippen MR) is 77.5 cm³/mol. The number of alkyl halides is 4. The minimum Gasteiger partial charge on any atom is -0.387 e. The van der Waals surface area contributed by atoms with Crippen LogP contribution in [0.4, 0.5) is 22.0 Å². The molecular weight excluding hydrogens is 337 g/mol. The van der Waals surface area contributed by atoms with E-state index in [1.54, 1.807) is 0 Å². The minimum atomic E-state index is -5.13. The summed E-state index contributed by atoms with van der Waals surface area (Å²) in [6.07, 6.45) is -6.55. The molecule has 11 heteroatoms. The van der Waals surface area contributed by atoms with Crippen LogP contribution >= 0.6 is 0 Å². The van der Waals surface area contributed by atoms with Crippen molar-refractivity contribution in [2.24, 2.45) is 22.4 Å². The first-order chi connectivity index (χ1) is 10.9. The number of nitrogens with one attached hydrogen (secondary N) is 2. The van der Waals surface area contributed by atoms with Crippen LogP contribution in [0.1, 0.15) is 6.42 Å². The summed E-state index contributed by atoms with van der Waals surface area (Å²) in [7, 11) is 0. The summed E-state index contributed by atoms with van der Waals surface area (Å²) < 4.78 is 65.8. The summed E-state index contributed by atoms with van der Waals surface area (Å²) >= 11 is 0. The lowest BCUT2D eigenvalue weighted by atomic mass is 9.95. The van der Waals surface area contributed by atoms with E-state index in [2.05, 4.69) is 4.99 Å². The number of hydrogen-bond donors (Lipinski definition) is 4. The zero-order valence-corrected chi connectivity index (χ0v) is 12.1. The lowest BCUT2D eigenvalue weighted by molar-refractivity contribution is -0.119. The van der Waals surface area contributed by atoms with Gasteiger partial charge < -0.3 is 11.5 Å². The molecule has 1 aliphatic rings. The number of nitrogens with zero attached hydrogens (tertiary/aromatic N) is 1. The number of carbonyl (C=O) groups is 1. The number of primary amides is 1. The zero-order chi connectivity index (χ0) is 18.7. The topological polar surface area (TPSA) is 129 Å². The van der Waals surface area contributed by atoms with E-state index in [0.717, 1.165) is 12.2 Å². The molecule has 0 fully saturated rings. The fourth-order valence-corrected chi connectivity index (χ4v) is 1.85. The Bertz CT molecular complexity index is 636. The molecule has 0 aromatic rings. The third-order valence-corrected chi connectivity index (χ3v) is 3.10. The van der Waals surface area contributed by atoms with Gasteiger partial charge in [0.25, 0.3) is 0 Å². The number of halogens is 5. The Morgan fingerprint density at radius 2 is 1.92 bits per heavy atom. The lowest BCUT2D eigenvalue weighted by Gasteiger charge is -2.19. The second-order valence-corrected chi connectivity index (χ2v) is 4.88. The van der Waals surface area contributed by atoms with Gasteiger partial charge in [0, 0.05) is 12.0 Å². The van der Waals surface area contributed by atoms with Crippen LogP contribution in [0.3, 0.4) is 0 Å². The van der Waals surface area contributed by atoms with E-state index in [1.807, 2.05) is 0 Å². The fourth-order valence-electron chi connectivity index (χ4n) is 1.85. The molecule has 0 bridgehead atoms. The number of hydrogen-bond acceptors (Lipinski definition) is 4. The summed E-state index contributed by atoms with van der Waals surface area (Å²) in [6.45, 7) is -0.920. The maximum Gasteiger partial charge on any atom is 0.435 e. The molecule has 0 radical (unpaired) electrons. The number of amidine groups is 1. The Morgan fingerprint density at radius 1 is 1.33 bits per heavy atom. The monoisotopic (exact) mass is 351 g/mol. The van der Waals surface area contributed by atoms with Crippen LogP contribution in [0.5, 0.6) is 0 Å². The second-order valence-electron chi connectivity index (χ2n) is 4.88. The van der Waals surface area contributed by atoms with Crippen molar-refractivity contribution in [1.82, 2.24) is 0 Å². The van der Waals surface area contributed by atoms with Crippen molar-refractivity contribution in [3.8, 4) is 0 Å². The van der Waals surface area contributed by atoms with Crippen LogP contribution in [-0.4, -0.2) is 42.1 Å². The van der Waals surface area contributed by atoms with E-state index < -0.39 is 65.8 Å². The van der Waals surface area contributed by atoms with Gasteiger partial charge in [-0.2, -0.15) is 13.2 Å². The van der Waals surface area contributed by atoms with Gasteiger partial charge in [0.1, 0.15) is 23.8 Å². The van der Waals surface area contributed by atoms with E-state index in [4.69, 9.17) is 22.3 Å². The van der Waals surface area contributed by atoms with Gasteiger partial charge in [-0.1, -0.05) is 6.08 Å². The Hall–Kier alpha value is -2.59. The normalized spacial score (nSPS) is 20.0. The largest absolute Gasteiger partial charge is 0.435 e. The highest BCUT2D eigenvalue weighted by molar-refractivity contribution is 6.49. The molecular formula is C13H14F5N5O. The van der Waals surface area contributed by atoms with Gasteiger partial charge in [0.15, 0.2) is 5.71 Å². The molecule has 2 unspecified atom stereocenters. The van der Waals surface area contributed by atoms with Crippen molar-refractivity contribution in [3.05, 3.63) is 23.6 Å². The molecule has 0 spiro atoms. The van der Waals surface area contributed by atoms with Crippen LogP contribution in [-0.2, 0) is 4.79 Å². The van der Waals surface area contributed by atoms with Crippen molar-refractivity contribution < 1.29 is 26.7 Å². The van der Waals surface area contributed by atoms with E-state index in [1.165, 1.54) is 0 Å². The van der Waals surface area contributed by atoms with Crippen LogP contribution < -0.4 is 11.5 Å². The lowest BCUT2D eigenvalue weighted by Crippen LogP contribution is -2.39. The van der Waals surface area contributed by atoms with Gasteiger partial charge in [-0.05, 0) is 6.08 Å². The Labute approximate surface area is 133 Å². The van der Waals surface area contributed by atoms with Gasteiger partial charge >= 0.3 is 6.18 Å². The number of aliphatic imine (C=N–C) groups is 1. The maximum atomic E-state index is 13.7. The van der Waals surface area contributed by atoms with Crippen LogP contribution in [0, 0.1) is 16.7 Å². The number of amides is 1. The summed E-state index contributed by atoms with van der Waals surface area (Å²) in [4.78, 5) is 14.1. The SMILES string of the molecule is N=C(C1=CC=C(F)CC1F)C(=NCC(C(=N)N)C(N)=O)C(F)(F)F. The standard InChI is InChI=1S/C13H14F5N5O/c14-5-1-2-6(8(15)3-5)9(19)10(13(16,17)18)23-4-7(11(20)21)12(22)24/h1-2,7-8,19H,3-4H2,(H3,20,21)(H2,22,24). The first kappa shape index (κ1) is 19.5. The highest BCUT2D eigenvalue weighted by Gasteiger charge is 2.41. The molecule has 0 aromatic heterocycles. The summed E-state index contributed by atoms with van der Waals surface area (Å²) in [6, 6.07) is 0. The average molecular weight is 351 g/mol. The summed E-state index contributed by atoms with van der Waals surface area (Å²) in [5, 5.41) is 14.6. The Kier molecular flexibility index (Phi) is 5.93. The first-order valence-corrected chi connectivity index (χ1v) is 6.49. The van der Waals surface area contributed by atoms with Crippen molar-refractivity contribution in [3.63, 3.8) is 0 Å². The Balaban J connectivity index is 3.19. The highest BCUT2D eigenvalue weighted by atomic mass is 19.4. The fraction of sp³-hybridized carbons (Fsp3) is 0.385. The quantitative estimate of drug-likeness (QED) is 0.329. The minimum absolute atomic E-state index is 0.689. The molecule has 6 N–H and O–H groups in total. The molecule has 0 aromatic carbocycles. The van der Waals surface area contributed by atoms with E-state index in [9.17, 15) is 26.7 Å². The van der Waals surface area contributed by atoms with Gasteiger partial charge in [0.05, 0.1) is 12.3 Å². The zero-order valence-electron chi connectivity index (χ0n) is 12.1. The molecule has 2 atom stereocenters. The maximum absolute atomic E-state index is 13.7. The molecule has 0 saturated heterocycles. The van der Waals surface area contributed by atoms with Crippen molar-refractivity contribution >= 4 is 23.2 Å². The van der Waals surface area contributed by atoms with Crippen LogP contribution in [0.25, 0.3) is 0 Å². The van der Waals surface area contributed by atoms with Gasteiger partial charge in [-0.15, -0.1) is 0 Å². The predicted octanol–water partition coefficient (Wildman–Crippen LogP) is 1.57. The first-order valence-electron chi connectivity index (χ1n) is 6.49. The third kappa shape index (κ3) is 4.70. The van der Waals surface area contributed by atoms with Gasteiger partial charge in [-0.3, -0.25) is 20.6 Å². The molecule has 132 valence electrons. The van der Waals surface area contributed by atoms with Gasteiger partial charge in [-0.25, -0.2) is 8.78 Å². The van der Waals surface area contributed by atoms with E-state index in [0.29, 0.717) is 0 Å². The van der Waals surface area contributed by atoms with Gasteiger partial charge in [0.2, 0.25) is 5.91 Å². The molecule has 1 aliphatic carbocycles. The van der Waals surface area contributed by atoms with Crippen molar-refractivity contribution in [2.45, 2.75) is 18.8 Å². The number of nitrogens with two attached hydrogens (primary N) is 2. The second kappa shape index (κ2) is 7.32. The Morgan fingerprint density at radius 3 is 2.33 bits per heavy atom. The summed E-state index contributed by atoms with van der Waals surface area (Å²) in [5.41, 5.74) is 6.21. The molecule has 1 rings (SSSR count). The van der Waals surface area contributed by atoms with Crippen molar-refractivity contribution in [2.75, 3.05) is 6.54 Å². The molecule has 0 saturated carbocycles.